The second kappa shape index (κ2) is 5.66. The van der Waals surface area contributed by atoms with E-state index in [4.69, 9.17) is 0 Å². The average molecular weight is 248 g/mol. The van der Waals surface area contributed by atoms with Crippen molar-refractivity contribution in [1.29, 1.82) is 0 Å². The van der Waals surface area contributed by atoms with Gasteiger partial charge in [-0.3, -0.25) is 4.79 Å². The van der Waals surface area contributed by atoms with Gasteiger partial charge in [0.1, 0.15) is 6.10 Å². The molecule has 0 amide bonds. The summed E-state index contributed by atoms with van der Waals surface area (Å²) >= 11 is 0. The standard InChI is InChI=1S/C16H24O2/c1-6-7-11(2)8-9-13-12(3)15(18)14(17)10-16(13,4)5/h7-9,14,17H,6,10H2,1-5H3/b9-8+,11-7+. The Morgan fingerprint density at radius 1 is 1.50 bits per heavy atom. The quantitative estimate of drug-likeness (QED) is 0.775. The van der Waals surface area contributed by atoms with Crippen LogP contribution in [0.15, 0.2) is 34.9 Å². The molecule has 18 heavy (non-hydrogen) atoms. The molecule has 1 unspecified atom stereocenters. The molecule has 0 heterocycles. The number of Topliss-reactive ketones (excluding diaryl/α,β-unsaturated/α-hetero) is 1. The monoisotopic (exact) mass is 248 g/mol. The number of hydrogen-bond donors (Lipinski definition) is 1. The zero-order chi connectivity index (χ0) is 13.9. The third-order valence-electron chi connectivity index (χ3n) is 3.55. The number of carbonyl (C=O) groups excluding carboxylic acids is 1. The van der Waals surface area contributed by atoms with Gasteiger partial charge in [0.15, 0.2) is 5.78 Å². The molecule has 0 fully saturated rings. The maximum atomic E-state index is 11.8. The Balaban J connectivity index is 3.11. The third kappa shape index (κ3) is 3.20. The van der Waals surface area contributed by atoms with E-state index in [1.807, 2.05) is 13.0 Å². The second-order valence-corrected chi connectivity index (χ2v) is 5.70. The average Bonchev–Trinajstić information content (AvgIpc) is 2.25. The molecule has 1 atom stereocenters. The predicted molar refractivity (Wildman–Crippen MR) is 75.3 cm³/mol. The highest BCUT2D eigenvalue weighted by Crippen LogP contribution is 2.39. The first-order valence-corrected chi connectivity index (χ1v) is 6.58. The summed E-state index contributed by atoms with van der Waals surface area (Å²) in [5.74, 6) is -0.133. The first kappa shape index (κ1) is 14.9. The molecular formula is C16H24O2. The van der Waals surface area contributed by atoms with Gasteiger partial charge in [-0.15, -0.1) is 0 Å². The van der Waals surface area contributed by atoms with Crippen LogP contribution in [0.2, 0.25) is 0 Å². The summed E-state index contributed by atoms with van der Waals surface area (Å²) in [4.78, 5) is 11.8. The van der Waals surface area contributed by atoms with Crippen LogP contribution in [-0.2, 0) is 4.79 Å². The maximum absolute atomic E-state index is 11.8. The Hall–Kier alpha value is -1.15. The molecule has 1 N–H and O–H groups in total. The van der Waals surface area contributed by atoms with E-state index in [2.05, 4.69) is 39.8 Å². The van der Waals surface area contributed by atoms with Gasteiger partial charge in [0.2, 0.25) is 0 Å². The molecule has 2 heteroatoms. The lowest BCUT2D eigenvalue weighted by atomic mass is 9.71. The van der Waals surface area contributed by atoms with Gasteiger partial charge < -0.3 is 5.11 Å². The maximum Gasteiger partial charge on any atom is 0.187 e. The molecule has 0 aromatic rings. The Morgan fingerprint density at radius 2 is 2.11 bits per heavy atom. The molecule has 1 aliphatic rings. The lowest BCUT2D eigenvalue weighted by Gasteiger charge is -2.34. The molecular weight excluding hydrogens is 224 g/mol. The van der Waals surface area contributed by atoms with Gasteiger partial charge in [-0.25, -0.2) is 0 Å². The van der Waals surface area contributed by atoms with Gasteiger partial charge in [-0.05, 0) is 43.3 Å². The molecule has 0 spiro atoms. The summed E-state index contributed by atoms with van der Waals surface area (Å²) in [6.07, 6.45) is 6.90. The zero-order valence-corrected chi connectivity index (χ0v) is 12.1. The molecule has 0 aliphatic heterocycles. The Morgan fingerprint density at radius 3 is 2.67 bits per heavy atom. The molecule has 100 valence electrons. The van der Waals surface area contributed by atoms with E-state index in [1.54, 1.807) is 0 Å². The lowest BCUT2D eigenvalue weighted by Crippen LogP contribution is -2.35. The summed E-state index contributed by atoms with van der Waals surface area (Å²) in [6, 6.07) is 0. The minimum Gasteiger partial charge on any atom is -0.385 e. The van der Waals surface area contributed by atoms with Crippen LogP contribution in [0, 0.1) is 5.41 Å². The van der Waals surface area contributed by atoms with Crippen LogP contribution in [0.5, 0.6) is 0 Å². The summed E-state index contributed by atoms with van der Waals surface area (Å²) < 4.78 is 0. The van der Waals surface area contributed by atoms with Crippen molar-refractivity contribution in [1.82, 2.24) is 0 Å². The first-order valence-electron chi connectivity index (χ1n) is 6.58. The molecule has 0 radical (unpaired) electrons. The highest BCUT2D eigenvalue weighted by molar-refractivity contribution is 6.00. The van der Waals surface area contributed by atoms with Crippen molar-refractivity contribution in [2.75, 3.05) is 0 Å². The van der Waals surface area contributed by atoms with E-state index in [0.29, 0.717) is 12.0 Å². The predicted octanol–water partition coefficient (Wildman–Crippen LogP) is 3.58. The van der Waals surface area contributed by atoms with Gasteiger partial charge in [0.25, 0.3) is 0 Å². The molecule has 0 saturated heterocycles. The highest BCUT2D eigenvalue weighted by Gasteiger charge is 2.36. The number of carbonyl (C=O) groups is 1. The van der Waals surface area contributed by atoms with Crippen molar-refractivity contribution in [2.24, 2.45) is 5.41 Å². The summed E-state index contributed by atoms with van der Waals surface area (Å²) in [5, 5.41) is 9.74. The fraction of sp³-hybridized carbons (Fsp3) is 0.562. The van der Waals surface area contributed by atoms with Gasteiger partial charge >= 0.3 is 0 Å². The summed E-state index contributed by atoms with van der Waals surface area (Å²) in [5.41, 5.74) is 2.79. The number of aliphatic hydroxyl groups is 1. The number of aliphatic hydroxyl groups excluding tert-OH is 1. The SMILES string of the molecule is CC/C=C(C)/C=C/C1=C(C)C(=O)C(O)CC1(C)C. The molecule has 1 rings (SSSR count). The Labute approximate surface area is 110 Å². The largest absolute Gasteiger partial charge is 0.385 e. The summed E-state index contributed by atoms with van der Waals surface area (Å²) in [6.45, 7) is 10.1. The van der Waals surface area contributed by atoms with Crippen LogP contribution >= 0.6 is 0 Å². The second-order valence-electron chi connectivity index (χ2n) is 5.70. The van der Waals surface area contributed by atoms with E-state index in [-0.39, 0.29) is 11.2 Å². The molecule has 0 aromatic carbocycles. The first-order chi connectivity index (χ1) is 8.29. The van der Waals surface area contributed by atoms with Crippen molar-refractivity contribution in [3.63, 3.8) is 0 Å². The number of hydrogen-bond acceptors (Lipinski definition) is 2. The summed E-state index contributed by atoms with van der Waals surface area (Å²) in [7, 11) is 0. The lowest BCUT2D eigenvalue weighted by molar-refractivity contribution is -0.125. The van der Waals surface area contributed by atoms with Gasteiger partial charge in [-0.2, -0.15) is 0 Å². The van der Waals surface area contributed by atoms with E-state index in [1.165, 1.54) is 5.57 Å². The minimum atomic E-state index is -0.843. The Kier molecular flexibility index (Phi) is 4.69. The van der Waals surface area contributed by atoms with Crippen LogP contribution in [0.25, 0.3) is 0 Å². The van der Waals surface area contributed by atoms with E-state index < -0.39 is 6.10 Å². The van der Waals surface area contributed by atoms with Crippen LogP contribution in [0.1, 0.15) is 47.5 Å². The van der Waals surface area contributed by atoms with Crippen LogP contribution in [-0.4, -0.2) is 17.0 Å². The zero-order valence-electron chi connectivity index (χ0n) is 12.1. The Bertz CT molecular complexity index is 422. The smallest absolute Gasteiger partial charge is 0.187 e. The van der Waals surface area contributed by atoms with Crippen molar-refractivity contribution in [2.45, 2.75) is 53.6 Å². The number of allylic oxidation sites excluding steroid dienone is 5. The topological polar surface area (TPSA) is 37.3 Å². The normalized spacial score (nSPS) is 25.1. The minimum absolute atomic E-state index is 0.133. The number of ketones is 1. The van der Waals surface area contributed by atoms with Crippen molar-refractivity contribution >= 4 is 5.78 Å². The van der Waals surface area contributed by atoms with Crippen molar-refractivity contribution in [3.8, 4) is 0 Å². The molecule has 2 nitrogen and oxygen atoms in total. The molecule has 1 aliphatic carbocycles. The van der Waals surface area contributed by atoms with Gasteiger partial charge in [-0.1, -0.05) is 44.6 Å². The third-order valence-corrected chi connectivity index (χ3v) is 3.55. The van der Waals surface area contributed by atoms with E-state index in [0.717, 1.165) is 12.0 Å². The van der Waals surface area contributed by atoms with Crippen molar-refractivity contribution in [3.05, 3.63) is 34.9 Å². The van der Waals surface area contributed by atoms with Crippen LogP contribution in [0.3, 0.4) is 0 Å². The van der Waals surface area contributed by atoms with Gasteiger partial charge in [0, 0.05) is 0 Å². The molecule has 0 bridgehead atoms. The van der Waals surface area contributed by atoms with Crippen LogP contribution in [0.4, 0.5) is 0 Å². The molecule has 0 saturated carbocycles. The fourth-order valence-electron chi connectivity index (χ4n) is 2.53. The highest BCUT2D eigenvalue weighted by atomic mass is 16.3. The number of rotatable bonds is 3. The van der Waals surface area contributed by atoms with Crippen LogP contribution < -0.4 is 0 Å². The van der Waals surface area contributed by atoms with E-state index >= 15 is 0 Å². The van der Waals surface area contributed by atoms with E-state index in [9.17, 15) is 9.90 Å². The fourth-order valence-corrected chi connectivity index (χ4v) is 2.53. The van der Waals surface area contributed by atoms with Crippen molar-refractivity contribution < 1.29 is 9.90 Å². The van der Waals surface area contributed by atoms with Gasteiger partial charge in [0.05, 0.1) is 0 Å². The molecule has 0 aromatic heterocycles.